The number of carbonyl (C=O) groups excluding carboxylic acids is 2. The van der Waals surface area contributed by atoms with Gasteiger partial charge in [-0.2, -0.15) is 0 Å². The van der Waals surface area contributed by atoms with E-state index < -0.39 is 12.2 Å². The Morgan fingerprint density at radius 3 is 1.56 bits per heavy atom. The van der Waals surface area contributed by atoms with Gasteiger partial charge in [-0.3, -0.25) is 0 Å². The summed E-state index contributed by atoms with van der Waals surface area (Å²) in [6, 6.07) is 0. The number of rotatable bonds is 6. The second-order valence-electron chi connectivity index (χ2n) is 4.14. The van der Waals surface area contributed by atoms with Crippen LogP contribution in [0.15, 0.2) is 0 Å². The topological polar surface area (TPSA) is 52.6 Å². The smallest absolute Gasteiger partial charge is 0.348 e. The van der Waals surface area contributed by atoms with E-state index in [1.165, 1.54) is 0 Å². The molecule has 2 unspecified atom stereocenters. The number of hydrogen-bond donors (Lipinski definition) is 0. The number of ether oxygens (including phenoxy) is 2. The summed E-state index contributed by atoms with van der Waals surface area (Å²) < 4.78 is 10.2. The van der Waals surface area contributed by atoms with Gasteiger partial charge in [-0.1, -0.05) is 26.7 Å². The number of esters is 2. The molecule has 1 aliphatic rings. The van der Waals surface area contributed by atoms with Gasteiger partial charge >= 0.3 is 11.9 Å². The summed E-state index contributed by atoms with van der Waals surface area (Å²) in [6.45, 7) is 4.06. The van der Waals surface area contributed by atoms with Crippen LogP contribution in [0.1, 0.15) is 52.4 Å². The summed E-state index contributed by atoms with van der Waals surface area (Å²) in [7, 11) is 0. The molecule has 0 aromatic carbocycles. The lowest BCUT2D eigenvalue weighted by Gasteiger charge is -2.27. The van der Waals surface area contributed by atoms with Crippen molar-refractivity contribution in [3.8, 4) is 0 Å². The second kappa shape index (κ2) is 6.51. The average molecular weight is 228 g/mol. The van der Waals surface area contributed by atoms with Gasteiger partial charge in [0.2, 0.25) is 0 Å². The van der Waals surface area contributed by atoms with Gasteiger partial charge in [-0.15, -0.1) is 0 Å². The molecule has 1 heterocycles. The predicted octanol–water partition coefficient (Wildman–Crippen LogP) is 2.20. The number of hydrogen-bond acceptors (Lipinski definition) is 4. The van der Waals surface area contributed by atoms with Crippen LogP contribution in [0.4, 0.5) is 0 Å². The first-order chi connectivity index (χ1) is 7.69. The molecule has 1 aliphatic heterocycles. The number of cyclic esters (lactones) is 2. The van der Waals surface area contributed by atoms with Crippen LogP contribution in [0.5, 0.6) is 0 Å². The molecule has 0 N–H and O–H groups in total. The third-order valence-electron chi connectivity index (χ3n) is 2.68. The maximum atomic E-state index is 11.5. The monoisotopic (exact) mass is 228 g/mol. The van der Waals surface area contributed by atoms with Gasteiger partial charge in [0.1, 0.15) is 0 Å². The Kier molecular flexibility index (Phi) is 5.29. The fourth-order valence-electron chi connectivity index (χ4n) is 1.66. The first-order valence-corrected chi connectivity index (χ1v) is 6.10. The van der Waals surface area contributed by atoms with Crippen molar-refractivity contribution in [2.75, 3.05) is 0 Å². The maximum Gasteiger partial charge on any atom is 0.348 e. The van der Waals surface area contributed by atoms with Crippen molar-refractivity contribution >= 4 is 11.9 Å². The van der Waals surface area contributed by atoms with Gasteiger partial charge < -0.3 is 9.47 Å². The molecular weight excluding hydrogens is 208 g/mol. The quantitative estimate of drug-likeness (QED) is 0.654. The molecule has 16 heavy (non-hydrogen) atoms. The zero-order valence-electron chi connectivity index (χ0n) is 10.0. The van der Waals surface area contributed by atoms with Crippen molar-refractivity contribution in [2.24, 2.45) is 0 Å². The Hall–Kier alpha value is -1.06. The predicted molar refractivity (Wildman–Crippen MR) is 58.8 cm³/mol. The number of carbonyl (C=O) groups is 2. The van der Waals surface area contributed by atoms with Crippen LogP contribution >= 0.6 is 0 Å². The van der Waals surface area contributed by atoms with E-state index in [0.29, 0.717) is 12.8 Å². The molecule has 4 nitrogen and oxygen atoms in total. The van der Waals surface area contributed by atoms with Crippen molar-refractivity contribution in [1.29, 1.82) is 0 Å². The van der Waals surface area contributed by atoms with E-state index in [4.69, 9.17) is 9.47 Å². The molecule has 0 aromatic rings. The Bertz CT molecular complexity index is 223. The summed E-state index contributed by atoms with van der Waals surface area (Å²) in [5.74, 6) is -0.761. The van der Waals surface area contributed by atoms with Crippen LogP contribution in [0.25, 0.3) is 0 Å². The summed E-state index contributed by atoms with van der Waals surface area (Å²) in [5.41, 5.74) is 0. The third-order valence-corrected chi connectivity index (χ3v) is 2.68. The van der Waals surface area contributed by atoms with Crippen molar-refractivity contribution < 1.29 is 19.1 Å². The van der Waals surface area contributed by atoms with Gasteiger partial charge in [0.15, 0.2) is 12.2 Å². The lowest BCUT2D eigenvalue weighted by atomic mass is 10.1. The van der Waals surface area contributed by atoms with E-state index in [9.17, 15) is 9.59 Å². The first kappa shape index (κ1) is 13.0. The van der Waals surface area contributed by atoms with Gasteiger partial charge in [0.05, 0.1) is 0 Å². The SMILES string of the molecule is CCCCC1OC(=O)C(CCCC)OC1=O. The summed E-state index contributed by atoms with van der Waals surface area (Å²) >= 11 is 0. The highest BCUT2D eigenvalue weighted by molar-refractivity contribution is 5.87. The summed E-state index contributed by atoms with van der Waals surface area (Å²) in [6.07, 6.45) is 3.47. The van der Waals surface area contributed by atoms with Crippen LogP contribution in [0, 0.1) is 0 Å². The first-order valence-electron chi connectivity index (χ1n) is 6.10. The van der Waals surface area contributed by atoms with Gasteiger partial charge in [-0.25, -0.2) is 9.59 Å². The average Bonchev–Trinajstić information content (AvgIpc) is 2.28. The van der Waals surface area contributed by atoms with Crippen LogP contribution in [-0.2, 0) is 19.1 Å². The minimum Gasteiger partial charge on any atom is -0.448 e. The Balaban J connectivity index is 2.43. The molecule has 1 fully saturated rings. The normalized spacial score (nSPS) is 25.1. The minimum absolute atomic E-state index is 0.380. The van der Waals surface area contributed by atoms with Crippen LogP contribution in [0.3, 0.4) is 0 Å². The largest absolute Gasteiger partial charge is 0.448 e. The molecule has 0 radical (unpaired) electrons. The lowest BCUT2D eigenvalue weighted by molar-refractivity contribution is -0.195. The summed E-state index contributed by atoms with van der Waals surface area (Å²) in [5, 5.41) is 0. The molecule has 92 valence electrons. The van der Waals surface area contributed by atoms with E-state index in [1.54, 1.807) is 0 Å². The van der Waals surface area contributed by atoms with Crippen molar-refractivity contribution in [3.63, 3.8) is 0 Å². The molecular formula is C12H20O4. The number of unbranched alkanes of at least 4 members (excludes halogenated alkanes) is 2. The Morgan fingerprint density at radius 1 is 0.875 bits per heavy atom. The standard InChI is InChI=1S/C12H20O4/c1-3-5-7-9-11(13)16-10(8-6-4-2)12(14)15-9/h9-10H,3-8H2,1-2H3. The van der Waals surface area contributed by atoms with Crippen LogP contribution < -0.4 is 0 Å². The molecule has 0 aromatic heterocycles. The molecule has 1 rings (SSSR count). The van der Waals surface area contributed by atoms with E-state index in [-0.39, 0.29) is 11.9 Å². The van der Waals surface area contributed by atoms with Crippen molar-refractivity contribution in [2.45, 2.75) is 64.6 Å². The molecule has 0 aliphatic carbocycles. The molecule has 0 spiro atoms. The van der Waals surface area contributed by atoms with Crippen molar-refractivity contribution in [3.05, 3.63) is 0 Å². The Morgan fingerprint density at radius 2 is 1.25 bits per heavy atom. The lowest BCUT2D eigenvalue weighted by Crippen LogP contribution is -2.43. The van der Waals surface area contributed by atoms with Gasteiger partial charge in [-0.05, 0) is 25.7 Å². The highest BCUT2D eigenvalue weighted by Crippen LogP contribution is 2.18. The van der Waals surface area contributed by atoms with Gasteiger partial charge in [0.25, 0.3) is 0 Å². The van der Waals surface area contributed by atoms with Crippen LogP contribution in [-0.4, -0.2) is 24.1 Å². The van der Waals surface area contributed by atoms with E-state index >= 15 is 0 Å². The van der Waals surface area contributed by atoms with E-state index in [1.807, 2.05) is 13.8 Å². The maximum absolute atomic E-state index is 11.5. The molecule has 0 amide bonds. The molecule has 4 heteroatoms. The van der Waals surface area contributed by atoms with Gasteiger partial charge in [0, 0.05) is 0 Å². The highest BCUT2D eigenvalue weighted by Gasteiger charge is 2.37. The van der Waals surface area contributed by atoms with Crippen molar-refractivity contribution in [1.82, 2.24) is 0 Å². The fourth-order valence-corrected chi connectivity index (χ4v) is 1.66. The molecule has 0 bridgehead atoms. The molecule has 1 saturated heterocycles. The third kappa shape index (κ3) is 3.51. The van der Waals surface area contributed by atoms with Crippen LogP contribution in [0.2, 0.25) is 0 Å². The van der Waals surface area contributed by atoms with E-state index in [0.717, 1.165) is 25.7 Å². The van der Waals surface area contributed by atoms with E-state index in [2.05, 4.69) is 0 Å². The zero-order chi connectivity index (χ0) is 12.0. The molecule has 2 atom stereocenters. The zero-order valence-corrected chi connectivity index (χ0v) is 10.0. The fraction of sp³-hybridized carbons (Fsp3) is 0.833. The minimum atomic E-state index is -0.676. The highest BCUT2D eigenvalue weighted by atomic mass is 16.6. The summed E-state index contributed by atoms with van der Waals surface area (Å²) in [4.78, 5) is 23.0. The second-order valence-corrected chi connectivity index (χ2v) is 4.14. The molecule has 0 saturated carbocycles. The Labute approximate surface area is 96.3 Å².